The van der Waals surface area contributed by atoms with Crippen LogP contribution < -0.4 is 0 Å². The fraction of sp³-hybridized carbons (Fsp3) is 0.857. The molecule has 0 aliphatic heterocycles. The zero-order chi connectivity index (χ0) is 12.3. The van der Waals surface area contributed by atoms with Gasteiger partial charge in [0.2, 0.25) is 0 Å². The highest BCUT2D eigenvalue weighted by Crippen LogP contribution is 2.44. The van der Waals surface area contributed by atoms with Gasteiger partial charge in [0, 0.05) is 5.92 Å². The van der Waals surface area contributed by atoms with E-state index in [-0.39, 0.29) is 23.0 Å². The molecule has 2 unspecified atom stereocenters. The molecule has 0 saturated heterocycles. The van der Waals surface area contributed by atoms with Gasteiger partial charge in [-0.25, -0.2) is 0 Å². The van der Waals surface area contributed by atoms with Gasteiger partial charge in [0.25, 0.3) is 0 Å². The first-order valence-electron chi connectivity index (χ1n) is 6.32. The minimum absolute atomic E-state index is 0.100. The van der Waals surface area contributed by atoms with E-state index in [9.17, 15) is 4.79 Å². The Kier molecular flexibility index (Phi) is 4.13. The van der Waals surface area contributed by atoms with Crippen molar-refractivity contribution in [2.75, 3.05) is 0 Å². The average Bonchev–Trinajstić information content (AvgIpc) is 2.53. The summed E-state index contributed by atoms with van der Waals surface area (Å²) in [7, 11) is 0. The van der Waals surface area contributed by atoms with E-state index in [0.717, 1.165) is 19.3 Å². The van der Waals surface area contributed by atoms with Crippen LogP contribution in [0.3, 0.4) is 0 Å². The van der Waals surface area contributed by atoms with Gasteiger partial charge in [-0.3, -0.25) is 4.79 Å². The van der Waals surface area contributed by atoms with Crippen molar-refractivity contribution in [1.82, 2.24) is 0 Å². The SMILES string of the molecule is CC(C)CC(C#N)C(=O)C1CCCC1(C)C. The van der Waals surface area contributed by atoms with Gasteiger partial charge >= 0.3 is 0 Å². The molecule has 2 nitrogen and oxygen atoms in total. The summed E-state index contributed by atoms with van der Waals surface area (Å²) in [5.74, 6) is 0.329. The molecule has 2 atom stereocenters. The van der Waals surface area contributed by atoms with Crippen molar-refractivity contribution in [3.63, 3.8) is 0 Å². The summed E-state index contributed by atoms with van der Waals surface area (Å²) in [4.78, 5) is 12.3. The molecule has 0 heterocycles. The smallest absolute Gasteiger partial charge is 0.153 e. The van der Waals surface area contributed by atoms with Gasteiger partial charge in [0.05, 0.1) is 6.07 Å². The molecule has 1 fully saturated rings. The molecule has 0 N–H and O–H groups in total. The Hall–Kier alpha value is -0.840. The Balaban J connectivity index is 2.73. The van der Waals surface area contributed by atoms with Crippen LogP contribution in [-0.2, 0) is 4.79 Å². The van der Waals surface area contributed by atoms with Crippen molar-refractivity contribution < 1.29 is 4.79 Å². The zero-order valence-electron chi connectivity index (χ0n) is 10.9. The molecule has 0 aromatic rings. The molecule has 0 radical (unpaired) electrons. The van der Waals surface area contributed by atoms with Crippen molar-refractivity contribution in [3.8, 4) is 6.07 Å². The molecule has 0 spiro atoms. The van der Waals surface area contributed by atoms with Crippen molar-refractivity contribution in [2.45, 2.75) is 53.4 Å². The molecule has 1 rings (SSSR count). The molecule has 90 valence electrons. The van der Waals surface area contributed by atoms with E-state index in [4.69, 9.17) is 5.26 Å². The lowest BCUT2D eigenvalue weighted by Crippen LogP contribution is -2.31. The second-order valence-corrected chi connectivity index (χ2v) is 6.15. The Morgan fingerprint density at radius 2 is 2.12 bits per heavy atom. The fourth-order valence-electron chi connectivity index (χ4n) is 2.80. The van der Waals surface area contributed by atoms with E-state index in [1.54, 1.807) is 0 Å². The van der Waals surface area contributed by atoms with Gasteiger partial charge < -0.3 is 0 Å². The number of carbonyl (C=O) groups is 1. The summed E-state index contributed by atoms with van der Waals surface area (Å²) >= 11 is 0. The monoisotopic (exact) mass is 221 g/mol. The molecule has 16 heavy (non-hydrogen) atoms. The first-order chi connectivity index (χ1) is 7.38. The molecule has 0 aromatic carbocycles. The second-order valence-electron chi connectivity index (χ2n) is 6.15. The minimum Gasteiger partial charge on any atom is -0.298 e. The molecule has 0 aromatic heterocycles. The Morgan fingerprint density at radius 1 is 1.50 bits per heavy atom. The Bertz CT molecular complexity index is 298. The third kappa shape index (κ3) is 2.84. The van der Waals surface area contributed by atoms with E-state index in [2.05, 4.69) is 33.8 Å². The van der Waals surface area contributed by atoms with Crippen LogP contribution in [0.5, 0.6) is 0 Å². The predicted molar refractivity (Wildman–Crippen MR) is 64.7 cm³/mol. The minimum atomic E-state index is -0.387. The van der Waals surface area contributed by atoms with Crippen LogP contribution in [0.1, 0.15) is 53.4 Å². The lowest BCUT2D eigenvalue weighted by atomic mass is 9.75. The van der Waals surface area contributed by atoms with Gasteiger partial charge in [0.15, 0.2) is 5.78 Å². The van der Waals surface area contributed by atoms with Crippen molar-refractivity contribution >= 4 is 5.78 Å². The number of Topliss-reactive ketones (excluding diaryl/α,β-unsaturated/α-hetero) is 1. The summed E-state index contributed by atoms with van der Waals surface area (Å²) < 4.78 is 0. The lowest BCUT2D eigenvalue weighted by molar-refractivity contribution is -0.128. The molecule has 1 aliphatic rings. The first kappa shape index (κ1) is 13.2. The van der Waals surface area contributed by atoms with Crippen molar-refractivity contribution in [1.29, 1.82) is 5.26 Å². The van der Waals surface area contributed by atoms with Crippen LogP contribution in [0.2, 0.25) is 0 Å². The number of carbonyl (C=O) groups excluding carboxylic acids is 1. The van der Waals surface area contributed by atoms with Gasteiger partial charge in [-0.2, -0.15) is 5.26 Å². The average molecular weight is 221 g/mol. The lowest BCUT2D eigenvalue weighted by Gasteiger charge is -2.27. The van der Waals surface area contributed by atoms with Crippen LogP contribution in [0.25, 0.3) is 0 Å². The highest BCUT2D eigenvalue weighted by Gasteiger charge is 2.41. The van der Waals surface area contributed by atoms with Crippen molar-refractivity contribution in [2.24, 2.45) is 23.2 Å². The van der Waals surface area contributed by atoms with Gasteiger partial charge in [0.1, 0.15) is 5.92 Å². The highest BCUT2D eigenvalue weighted by molar-refractivity contribution is 5.86. The van der Waals surface area contributed by atoms with Crippen LogP contribution in [0, 0.1) is 34.5 Å². The number of nitriles is 1. The van der Waals surface area contributed by atoms with E-state index in [0.29, 0.717) is 12.3 Å². The maximum Gasteiger partial charge on any atom is 0.153 e. The van der Waals surface area contributed by atoms with E-state index in [1.165, 1.54) is 0 Å². The van der Waals surface area contributed by atoms with Gasteiger partial charge in [-0.15, -0.1) is 0 Å². The standard InChI is InChI=1S/C14H23NO/c1-10(2)8-11(9-15)13(16)12-6-5-7-14(12,3)4/h10-12H,5-8H2,1-4H3. The number of nitrogens with zero attached hydrogens (tertiary/aromatic N) is 1. The predicted octanol–water partition coefficient (Wildman–Crippen LogP) is 3.57. The summed E-state index contributed by atoms with van der Waals surface area (Å²) in [6, 6.07) is 2.20. The summed E-state index contributed by atoms with van der Waals surface area (Å²) in [5.41, 5.74) is 0.100. The quantitative estimate of drug-likeness (QED) is 0.728. The van der Waals surface area contributed by atoms with Crippen LogP contribution in [-0.4, -0.2) is 5.78 Å². The molecule has 1 aliphatic carbocycles. The number of rotatable bonds is 4. The fourth-order valence-corrected chi connectivity index (χ4v) is 2.80. The molecule has 1 saturated carbocycles. The maximum atomic E-state index is 12.3. The second kappa shape index (κ2) is 4.99. The molecular formula is C14H23NO. The summed E-state index contributed by atoms with van der Waals surface area (Å²) in [6.45, 7) is 8.45. The maximum absolute atomic E-state index is 12.3. The summed E-state index contributed by atoms with van der Waals surface area (Å²) in [5, 5.41) is 9.11. The third-order valence-corrected chi connectivity index (χ3v) is 3.81. The summed E-state index contributed by atoms with van der Waals surface area (Å²) in [6.07, 6.45) is 3.93. The van der Waals surface area contributed by atoms with E-state index < -0.39 is 0 Å². The van der Waals surface area contributed by atoms with Crippen molar-refractivity contribution in [3.05, 3.63) is 0 Å². The van der Waals surface area contributed by atoms with Crippen LogP contribution >= 0.6 is 0 Å². The molecular weight excluding hydrogens is 198 g/mol. The van der Waals surface area contributed by atoms with Crippen LogP contribution in [0.4, 0.5) is 0 Å². The normalized spacial score (nSPS) is 25.4. The largest absolute Gasteiger partial charge is 0.298 e. The molecule has 2 heteroatoms. The Labute approximate surface area is 99.0 Å². The topological polar surface area (TPSA) is 40.9 Å². The van der Waals surface area contributed by atoms with Gasteiger partial charge in [-0.05, 0) is 30.6 Å². The van der Waals surface area contributed by atoms with E-state index in [1.807, 2.05) is 0 Å². The van der Waals surface area contributed by atoms with Gasteiger partial charge in [-0.1, -0.05) is 34.1 Å². The molecule has 0 amide bonds. The third-order valence-electron chi connectivity index (χ3n) is 3.81. The number of hydrogen-bond donors (Lipinski definition) is 0. The first-order valence-corrected chi connectivity index (χ1v) is 6.32. The number of ketones is 1. The zero-order valence-corrected chi connectivity index (χ0v) is 10.9. The highest BCUT2D eigenvalue weighted by atomic mass is 16.1. The molecule has 0 bridgehead atoms. The van der Waals surface area contributed by atoms with Crippen LogP contribution in [0.15, 0.2) is 0 Å². The van der Waals surface area contributed by atoms with E-state index >= 15 is 0 Å². The Morgan fingerprint density at radius 3 is 2.50 bits per heavy atom. The number of hydrogen-bond acceptors (Lipinski definition) is 2.